The molecule has 0 aliphatic heterocycles. The van der Waals surface area contributed by atoms with Crippen LogP contribution in [0.25, 0.3) is 22.0 Å². The number of rotatable bonds is 1. The van der Waals surface area contributed by atoms with Gasteiger partial charge in [0.05, 0.1) is 0 Å². The Bertz CT molecular complexity index is 620. The molecule has 1 heteroatoms. The van der Waals surface area contributed by atoms with Crippen LogP contribution in [-0.2, 0) is 7.05 Å². The highest BCUT2D eigenvalue weighted by atomic mass is 14.9. The first kappa shape index (κ1) is 9.22. The summed E-state index contributed by atoms with van der Waals surface area (Å²) in [6.45, 7) is 0. The van der Waals surface area contributed by atoms with Gasteiger partial charge in [-0.3, -0.25) is 0 Å². The highest BCUT2D eigenvalue weighted by Gasteiger charge is 2.04. The lowest BCUT2D eigenvalue weighted by Crippen LogP contribution is -1.84. The van der Waals surface area contributed by atoms with E-state index in [0.717, 1.165) is 0 Å². The van der Waals surface area contributed by atoms with Crippen LogP contribution in [0.15, 0.2) is 54.7 Å². The summed E-state index contributed by atoms with van der Waals surface area (Å²) in [7, 11) is 2.07. The highest BCUT2D eigenvalue weighted by Crippen LogP contribution is 2.28. The van der Waals surface area contributed by atoms with Gasteiger partial charge in [-0.1, -0.05) is 30.3 Å². The first-order valence-electron chi connectivity index (χ1n) is 5.37. The van der Waals surface area contributed by atoms with Gasteiger partial charge in [0.2, 0.25) is 0 Å². The number of aryl methyl sites for hydroxylation is 1. The van der Waals surface area contributed by atoms with Crippen molar-refractivity contribution in [1.29, 1.82) is 0 Å². The quantitative estimate of drug-likeness (QED) is 0.572. The number of hydrogen-bond donors (Lipinski definition) is 0. The molecule has 1 nitrogen and oxygen atoms in total. The monoisotopic (exact) mass is 206 g/mol. The average molecular weight is 206 g/mol. The van der Waals surface area contributed by atoms with Gasteiger partial charge in [-0.2, -0.15) is 0 Å². The Labute approximate surface area is 95.0 Å². The Hall–Kier alpha value is -2.02. The largest absolute Gasteiger partial charge is 0.351 e. The molecule has 1 radical (unpaired) electrons. The molecule has 3 aromatic rings. The van der Waals surface area contributed by atoms with E-state index in [1.165, 1.54) is 22.0 Å². The van der Waals surface area contributed by atoms with Crippen LogP contribution < -0.4 is 0 Å². The van der Waals surface area contributed by atoms with E-state index in [1.54, 1.807) is 0 Å². The Morgan fingerprint density at radius 3 is 2.81 bits per heavy atom. The molecule has 0 aliphatic rings. The van der Waals surface area contributed by atoms with Crippen LogP contribution in [0.2, 0.25) is 0 Å². The third-order valence-corrected chi connectivity index (χ3v) is 2.95. The van der Waals surface area contributed by atoms with Crippen molar-refractivity contribution in [3.8, 4) is 11.1 Å². The minimum Gasteiger partial charge on any atom is -0.351 e. The second-order valence-electron chi connectivity index (χ2n) is 3.96. The van der Waals surface area contributed by atoms with Crippen molar-refractivity contribution < 1.29 is 0 Å². The van der Waals surface area contributed by atoms with E-state index in [-0.39, 0.29) is 0 Å². The summed E-state index contributed by atoms with van der Waals surface area (Å²) in [5, 5.41) is 1.30. The number of benzene rings is 2. The summed E-state index contributed by atoms with van der Waals surface area (Å²) >= 11 is 0. The molecule has 1 heterocycles. The molecule has 2 aromatic carbocycles. The van der Waals surface area contributed by atoms with E-state index >= 15 is 0 Å². The zero-order chi connectivity index (χ0) is 11.0. The van der Waals surface area contributed by atoms with E-state index < -0.39 is 0 Å². The zero-order valence-electron chi connectivity index (χ0n) is 9.14. The Kier molecular flexibility index (Phi) is 2.03. The van der Waals surface area contributed by atoms with Gasteiger partial charge in [-0.05, 0) is 35.4 Å². The number of aromatic nitrogens is 1. The zero-order valence-corrected chi connectivity index (χ0v) is 9.14. The third-order valence-electron chi connectivity index (χ3n) is 2.95. The van der Waals surface area contributed by atoms with Crippen LogP contribution in [0.3, 0.4) is 0 Å². The van der Waals surface area contributed by atoms with Gasteiger partial charge in [0.25, 0.3) is 0 Å². The third kappa shape index (κ3) is 1.33. The standard InChI is InChI=1S/C15H12N/c1-16-11-10-14-13(8-5-9-15(14)16)12-6-3-2-4-7-12/h2-3,5-11H,1H3. The van der Waals surface area contributed by atoms with Crippen molar-refractivity contribution in [2.75, 3.05) is 0 Å². The average Bonchev–Trinajstić information content (AvgIpc) is 2.73. The summed E-state index contributed by atoms with van der Waals surface area (Å²) in [5.74, 6) is 0. The molecule has 3 rings (SSSR count). The fraction of sp³-hybridized carbons (Fsp3) is 0.0667. The van der Waals surface area contributed by atoms with Gasteiger partial charge in [0.1, 0.15) is 0 Å². The molecule has 0 bridgehead atoms. The van der Waals surface area contributed by atoms with Crippen molar-refractivity contribution in [1.82, 2.24) is 4.57 Å². The van der Waals surface area contributed by atoms with Gasteiger partial charge in [0, 0.05) is 24.1 Å². The van der Waals surface area contributed by atoms with Crippen molar-refractivity contribution in [3.63, 3.8) is 0 Å². The van der Waals surface area contributed by atoms with Crippen molar-refractivity contribution in [3.05, 3.63) is 60.8 Å². The highest BCUT2D eigenvalue weighted by molar-refractivity contribution is 5.95. The van der Waals surface area contributed by atoms with Gasteiger partial charge >= 0.3 is 0 Å². The number of nitrogens with zero attached hydrogens (tertiary/aromatic N) is 1. The Balaban J connectivity index is 2.32. The van der Waals surface area contributed by atoms with Gasteiger partial charge in [-0.25, -0.2) is 0 Å². The smallest absolute Gasteiger partial charge is 0.0483 e. The maximum atomic E-state index is 3.12. The predicted octanol–water partition coefficient (Wildman–Crippen LogP) is 3.65. The Morgan fingerprint density at radius 1 is 1.06 bits per heavy atom. The maximum Gasteiger partial charge on any atom is 0.0483 e. The first-order chi connectivity index (χ1) is 7.86. The van der Waals surface area contributed by atoms with Gasteiger partial charge in [-0.15, -0.1) is 0 Å². The van der Waals surface area contributed by atoms with Crippen LogP contribution in [0.4, 0.5) is 0 Å². The normalized spacial score (nSPS) is 10.8. The number of fused-ring (bicyclic) bond motifs is 1. The van der Waals surface area contributed by atoms with E-state index in [1.807, 2.05) is 18.2 Å². The lowest BCUT2D eigenvalue weighted by atomic mass is 10.0. The van der Waals surface area contributed by atoms with E-state index in [9.17, 15) is 0 Å². The molecule has 77 valence electrons. The van der Waals surface area contributed by atoms with Crippen LogP contribution >= 0.6 is 0 Å². The molecule has 0 aliphatic carbocycles. The summed E-state index contributed by atoms with van der Waals surface area (Å²) in [4.78, 5) is 0. The van der Waals surface area contributed by atoms with Crippen LogP contribution in [0.5, 0.6) is 0 Å². The number of hydrogen-bond acceptors (Lipinski definition) is 0. The molecule has 0 atom stereocenters. The topological polar surface area (TPSA) is 4.93 Å². The molecule has 0 amide bonds. The molecular weight excluding hydrogens is 194 g/mol. The Morgan fingerprint density at radius 2 is 2.00 bits per heavy atom. The van der Waals surface area contributed by atoms with E-state index in [2.05, 4.69) is 54.2 Å². The molecule has 0 N–H and O–H groups in total. The molecule has 0 unspecified atom stereocenters. The minimum atomic E-state index is 1.22. The molecule has 0 saturated carbocycles. The molecule has 0 spiro atoms. The van der Waals surface area contributed by atoms with Crippen molar-refractivity contribution in [2.45, 2.75) is 0 Å². The summed E-state index contributed by atoms with van der Waals surface area (Å²) in [6, 6.07) is 19.8. The van der Waals surface area contributed by atoms with Crippen molar-refractivity contribution >= 4 is 10.9 Å². The predicted molar refractivity (Wildman–Crippen MR) is 67.2 cm³/mol. The van der Waals surface area contributed by atoms with Gasteiger partial charge in [0.15, 0.2) is 0 Å². The second kappa shape index (κ2) is 3.53. The fourth-order valence-electron chi connectivity index (χ4n) is 2.11. The molecular formula is C15H12N. The second-order valence-corrected chi connectivity index (χ2v) is 3.96. The first-order valence-corrected chi connectivity index (χ1v) is 5.37. The molecule has 1 aromatic heterocycles. The molecule has 0 saturated heterocycles. The van der Waals surface area contributed by atoms with Crippen LogP contribution in [0, 0.1) is 6.07 Å². The summed E-state index contributed by atoms with van der Waals surface area (Å²) < 4.78 is 2.14. The summed E-state index contributed by atoms with van der Waals surface area (Å²) in [5.41, 5.74) is 3.76. The van der Waals surface area contributed by atoms with Crippen molar-refractivity contribution in [2.24, 2.45) is 7.05 Å². The minimum absolute atomic E-state index is 1.22. The summed E-state index contributed by atoms with van der Waals surface area (Å²) in [6.07, 6.45) is 2.10. The molecule has 16 heavy (non-hydrogen) atoms. The lowest BCUT2D eigenvalue weighted by molar-refractivity contribution is 0.969. The maximum absolute atomic E-state index is 3.12. The van der Waals surface area contributed by atoms with E-state index in [4.69, 9.17) is 0 Å². The van der Waals surface area contributed by atoms with Crippen LogP contribution in [0.1, 0.15) is 0 Å². The molecule has 0 fully saturated rings. The van der Waals surface area contributed by atoms with E-state index in [0.29, 0.717) is 0 Å². The van der Waals surface area contributed by atoms with Gasteiger partial charge < -0.3 is 4.57 Å². The van der Waals surface area contributed by atoms with Crippen LogP contribution in [-0.4, -0.2) is 4.57 Å². The lowest BCUT2D eigenvalue weighted by Gasteiger charge is -2.04. The fourth-order valence-corrected chi connectivity index (χ4v) is 2.11. The SMILES string of the molecule is Cn1ccc2c(-c3c[c]ccc3)cccc21.